The number of ether oxygens (including phenoxy) is 1. The fourth-order valence-electron chi connectivity index (χ4n) is 3.75. The van der Waals surface area contributed by atoms with Crippen LogP contribution in [0.3, 0.4) is 0 Å². The molecule has 0 spiro atoms. The van der Waals surface area contributed by atoms with Crippen molar-refractivity contribution in [3.05, 3.63) is 88.5 Å². The number of hydrogen-bond donors (Lipinski definition) is 1. The summed E-state index contributed by atoms with van der Waals surface area (Å²) in [6, 6.07) is 19.2. The van der Waals surface area contributed by atoms with E-state index in [1.807, 2.05) is 36.2 Å². The molecule has 2 aromatic carbocycles. The molecule has 0 amide bonds. The summed E-state index contributed by atoms with van der Waals surface area (Å²) in [5, 5.41) is 0. The zero-order valence-corrected chi connectivity index (χ0v) is 18.2. The van der Waals surface area contributed by atoms with Gasteiger partial charge in [0.25, 0.3) is 0 Å². The summed E-state index contributed by atoms with van der Waals surface area (Å²) >= 11 is 0. The molecule has 31 heavy (non-hydrogen) atoms. The summed E-state index contributed by atoms with van der Waals surface area (Å²) < 4.78 is 5.49. The number of benzene rings is 2. The highest BCUT2D eigenvalue weighted by molar-refractivity contribution is 5.95. The number of nitrogens with zero attached hydrogens (tertiary/aromatic N) is 2. The maximum Gasteiger partial charge on any atom is 0.348 e. The molecule has 1 N–H and O–H groups in total. The minimum absolute atomic E-state index is 0.0234. The molecular formula is C25H29N3O3. The van der Waals surface area contributed by atoms with Gasteiger partial charge in [0.1, 0.15) is 17.1 Å². The number of nitrogens with one attached hydrogen (secondary N) is 1. The van der Waals surface area contributed by atoms with Crippen LogP contribution in [0.25, 0.3) is 0 Å². The largest absolute Gasteiger partial charge is 0.423 e. The average molecular weight is 420 g/mol. The maximum atomic E-state index is 12.9. The van der Waals surface area contributed by atoms with E-state index in [1.165, 1.54) is 11.8 Å². The van der Waals surface area contributed by atoms with Crippen molar-refractivity contribution in [2.45, 2.75) is 45.1 Å². The lowest BCUT2D eigenvalue weighted by Gasteiger charge is -2.34. The molecule has 0 saturated heterocycles. The van der Waals surface area contributed by atoms with E-state index in [-0.39, 0.29) is 17.5 Å². The van der Waals surface area contributed by atoms with Gasteiger partial charge in [-0.25, -0.2) is 14.6 Å². The predicted octanol–water partition coefficient (Wildman–Crippen LogP) is 4.79. The zero-order valence-electron chi connectivity index (χ0n) is 18.2. The molecule has 0 aliphatic carbocycles. The Kier molecular flexibility index (Phi) is 7.60. The van der Waals surface area contributed by atoms with Gasteiger partial charge in [0, 0.05) is 19.0 Å². The van der Waals surface area contributed by atoms with Gasteiger partial charge in [-0.3, -0.25) is 4.98 Å². The summed E-state index contributed by atoms with van der Waals surface area (Å²) in [4.78, 5) is 33.3. The van der Waals surface area contributed by atoms with E-state index >= 15 is 0 Å². The number of aromatic nitrogens is 2. The molecule has 3 aromatic rings. The number of hydrogen-bond acceptors (Lipinski definition) is 5. The number of carbonyl (C=O) groups excluding carboxylic acids is 1. The Labute approximate surface area is 182 Å². The van der Waals surface area contributed by atoms with Crippen LogP contribution in [-0.2, 0) is 0 Å². The summed E-state index contributed by atoms with van der Waals surface area (Å²) in [6.45, 7) is 4.28. The van der Waals surface area contributed by atoms with Gasteiger partial charge in [-0.2, -0.15) is 0 Å². The second kappa shape index (κ2) is 10.6. The number of anilines is 1. The quantitative estimate of drug-likeness (QED) is 0.399. The van der Waals surface area contributed by atoms with Crippen LogP contribution in [0.15, 0.2) is 71.7 Å². The molecule has 0 aliphatic rings. The number of aromatic amines is 1. The number of likely N-dealkylation sites (N-methyl/N-ethyl adjacent to an activating group) is 1. The molecule has 0 fully saturated rings. The van der Waals surface area contributed by atoms with Crippen LogP contribution >= 0.6 is 0 Å². The van der Waals surface area contributed by atoms with Crippen molar-refractivity contribution in [2.75, 3.05) is 11.9 Å². The number of rotatable bonds is 9. The topological polar surface area (TPSA) is 75.3 Å². The van der Waals surface area contributed by atoms with Gasteiger partial charge in [0.2, 0.25) is 0 Å². The van der Waals surface area contributed by atoms with E-state index < -0.39 is 11.7 Å². The van der Waals surface area contributed by atoms with Crippen LogP contribution in [0.1, 0.15) is 54.9 Å². The Morgan fingerprint density at radius 3 is 2.39 bits per heavy atom. The molecular weight excluding hydrogens is 390 g/mol. The van der Waals surface area contributed by atoms with Gasteiger partial charge in [0.15, 0.2) is 0 Å². The van der Waals surface area contributed by atoms with Crippen LogP contribution in [0.2, 0.25) is 0 Å². The smallest absolute Gasteiger partial charge is 0.348 e. The Morgan fingerprint density at radius 2 is 1.74 bits per heavy atom. The highest BCUT2D eigenvalue weighted by Gasteiger charge is 2.27. The molecule has 2 unspecified atom stereocenters. The molecule has 0 bridgehead atoms. The fraction of sp³-hybridized carbons (Fsp3) is 0.320. The minimum atomic E-state index is -0.561. The van der Waals surface area contributed by atoms with Crippen LogP contribution in [0.5, 0.6) is 5.75 Å². The van der Waals surface area contributed by atoms with Crippen LogP contribution in [0, 0.1) is 0 Å². The van der Waals surface area contributed by atoms with Crippen LogP contribution < -0.4 is 15.3 Å². The van der Waals surface area contributed by atoms with E-state index in [0.717, 1.165) is 19.3 Å². The lowest BCUT2D eigenvalue weighted by atomic mass is 9.87. The van der Waals surface area contributed by atoms with Crippen molar-refractivity contribution >= 4 is 11.8 Å². The second-order valence-corrected chi connectivity index (χ2v) is 7.66. The third-order valence-corrected chi connectivity index (χ3v) is 5.61. The molecule has 3 rings (SSSR count). The Morgan fingerprint density at radius 1 is 1.10 bits per heavy atom. The van der Waals surface area contributed by atoms with Crippen LogP contribution in [0.4, 0.5) is 5.82 Å². The first-order chi connectivity index (χ1) is 15.0. The van der Waals surface area contributed by atoms with Gasteiger partial charge in [-0.05, 0) is 31.0 Å². The van der Waals surface area contributed by atoms with Gasteiger partial charge < -0.3 is 9.64 Å². The summed E-state index contributed by atoms with van der Waals surface area (Å²) in [5.74, 6) is 0.519. The highest BCUT2D eigenvalue weighted by atomic mass is 16.5. The van der Waals surface area contributed by atoms with Crippen LogP contribution in [-0.4, -0.2) is 29.0 Å². The monoisotopic (exact) mass is 419 g/mol. The Bertz CT molecular complexity index is 1030. The van der Waals surface area contributed by atoms with E-state index in [1.54, 1.807) is 24.3 Å². The van der Waals surface area contributed by atoms with Gasteiger partial charge >= 0.3 is 11.7 Å². The van der Waals surface area contributed by atoms with Gasteiger partial charge in [-0.1, -0.05) is 68.3 Å². The molecule has 0 radical (unpaired) electrons. The zero-order chi connectivity index (χ0) is 22.2. The highest BCUT2D eigenvalue weighted by Crippen LogP contribution is 2.31. The van der Waals surface area contributed by atoms with Crippen molar-refractivity contribution < 1.29 is 9.53 Å². The molecule has 162 valence electrons. The molecule has 0 saturated carbocycles. The third-order valence-electron chi connectivity index (χ3n) is 5.61. The molecule has 1 aromatic heterocycles. The number of para-hydroxylation sites is 1. The summed E-state index contributed by atoms with van der Waals surface area (Å²) in [7, 11) is 1.89. The molecule has 6 heteroatoms. The van der Waals surface area contributed by atoms with Crippen molar-refractivity contribution in [3.63, 3.8) is 0 Å². The number of esters is 1. The average Bonchev–Trinajstić information content (AvgIpc) is 2.80. The second-order valence-electron chi connectivity index (χ2n) is 7.66. The first-order valence-corrected chi connectivity index (χ1v) is 10.7. The normalized spacial score (nSPS) is 12.7. The number of H-pyrrole nitrogens is 1. The van der Waals surface area contributed by atoms with Crippen molar-refractivity contribution in [3.8, 4) is 5.75 Å². The number of unbranched alkanes of at least 4 members (excludes halogenated alkanes) is 1. The number of carbonyl (C=O) groups is 1. The van der Waals surface area contributed by atoms with E-state index in [4.69, 9.17) is 4.74 Å². The maximum absolute atomic E-state index is 12.9. The molecule has 2 atom stereocenters. The fourth-order valence-corrected chi connectivity index (χ4v) is 3.75. The minimum Gasteiger partial charge on any atom is -0.423 e. The molecule has 6 nitrogen and oxygen atoms in total. The summed E-state index contributed by atoms with van der Waals surface area (Å²) in [6.07, 6.45) is 4.48. The van der Waals surface area contributed by atoms with E-state index in [9.17, 15) is 9.59 Å². The van der Waals surface area contributed by atoms with Crippen molar-refractivity contribution in [1.29, 1.82) is 0 Å². The van der Waals surface area contributed by atoms with Crippen molar-refractivity contribution in [1.82, 2.24) is 9.97 Å². The van der Waals surface area contributed by atoms with E-state index in [2.05, 4.69) is 35.9 Å². The Hall–Kier alpha value is -3.41. The first kappa shape index (κ1) is 22.3. The van der Waals surface area contributed by atoms with Gasteiger partial charge in [0.05, 0.1) is 6.20 Å². The SMILES string of the molecule is CCCCC(c1ccccc1)C(C)N(C)c1[nH]c(=O)ncc1C(=O)Oc1ccccc1. The lowest BCUT2D eigenvalue weighted by molar-refractivity contribution is 0.0734. The molecule has 1 heterocycles. The lowest BCUT2D eigenvalue weighted by Crippen LogP contribution is -2.37. The van der Waals surface area contributed by atoms with Gasteiger partial charge in [-0.15, -0.1) is 0 Å². The Balaban J connectivity index is 1.92. The van der Waals surface area contributed by atoms with E-state index in [0.29, 0.717) is 11.6 Å². The predicted molar refractivity (Wildman–Crippen MR) is 123 cm³/mol. The van der Waals surface area contributed by atoms with Crippen molar-refractivity contribution in [2.24, 2.45) is 0 Å². The first-order valence-electron chi connectivity index (χ1n) is 10.7. The standard InChI is InChI=1S/C25H29N3O3/c1-4-5-16-21(19-12-8-6-9-13-19)18(2)28(3)23-22(17-26-25(30)27-23)24(29)31-20-14-10-7-11-15-20/h6-15,17-18,21H,4-5,16H2,1-3H3,(H,26,27,30). The summed E-state index contributed by atoms with van der Waals surface area (Å²) in [5.41, 5.74) is 0.954. The molecule has 0 aliphatic heterocycles. The third kappa shape index (κ3) is 5.60.